The van der Waals surface area contributed by atoms with Crippen LogP contribution in [0.2, 0.25) is 18.1 Å². The number of halogens is 2. The second kappa shape index (κ2) is 8.45. The summed E-state index contributed by atoms with van der Waals surface area (Å²) in [5.41, 5.74) is 0.386. The van der Waals surface area contributed by atoms with Crippen molar-refractivity contribution in [1.82, 2.24) is 0 Å². The van der Waals surface area contributed by atoms with Gasteiger partial charge in [-0.1, -0.05) is 44.7 Å². The van der Waals surface area contributed by atoms with Crippen LogP contribution in [0.15, 0.2) is 18.2 Å². The van der Waals surface area contributed by atoms with Crippen molar-refractivity contribution in [2.45, 2.75) is 57.5 Å². The Hall–Kier alpha value is -0.543. The van der Waals surface area contributed by atoms with E-state index in [4.69, 9.17) is 26.1 Å². The van der Waals surface area contributed by atoms with E-state index >= 15 is 0 Å². The van der Waals surface area contributed by atoms with E-state index in [9.17, 15) is 8.78 Å². The van der Waals surface area contributed by atoms with Gasteiger partial charge in [-0.05, 0) is 48.2 Å². The molecule has 0 bridgehead atoms. The van der Waals surface area contributed by atoms with Gasteiger partial charge in [-0.25, -0.2) is 8.78 Å². The van der Waals surface area contributed by atoms with Gasteiger partial charge in [0, 0.05) is 11.1 Å². The highest BCUT2D eigenvalue weighted by Gasteiger charge is 2.44. The molecule has 0 radical (unpaired) electrons. The first-order chi connectivity index (χ1) is 12.4. The molecule has 1 aromatic rings. The minimum atomic E-state index is -2.59. The molecule has 1 heterocycles. The maximum absolute atomic E-state index is 13.8. The fraction of sp³-hybridized carbons (Fsp3) is 0.632. The lowest BCUT2D eigenvalue weighted by molar-refractivity contribution is -0.172. The second-order valence-corrected chi connectivity index (χ2v) is 14.5. The van der Waals surface area contributed by atoms with Crippen LogP contribution in [0.1, 0.15) is 43.9 Å². The van der Waals surface area contributed by atoms with Crippen molar-refractivity contribution in [3.8, 4) is 0 Å². The van der Waals surface area contributed by atoms with Gasteiger partial charge >= 0.3 is 0 Å². The van der Waals surface area contributed by atoms with Gasteiger partial charge in [0.15, 0.2) is 13.9 Å². The number of hydrogen-bond donors (Lipinski definition) is 0. The Kier molecular flexibility index (Phi) is 7.12. The van der Waals surface area contributed by atoms with Gasteiger partial charge in [-0.3, -0.25) is 0 Å². The Labute approximate surface area is 171 Å². The summed E-state index contributed by atoms with van der Waals surface area (Å²) in [6.45, 7) is 11.4. The molecule has 1 saturated heterocycles. The predicted molar refractivity (Wildman–Crippen MR) is 113 cm³/mol. The lowest BCUT2D eigenvalue weighted by Gasteiger charge is -2.41. The van der Waals surface area contributed by atoms with Crippen LogP contribution < -0.4 is 0 Å². The molecule has 0 amide bonds. The van der Waals surface area contributed by atoms with E-state index in [1.807, 2.05) is 12.3 Å². The maximum Gasteiger partial charge on any atom is 0.264 e. The zero-order valence-electron chi connectivity index (χ0n) is 16.7. The van der Waals surface area contributed by atoms with Crippen LogP contribution in [-0.4, -0.2) is 32.2 Å². The molecule has 152 valence electrons. The minimum Gasteiger partial charge on any atom is -0.462 e. The second-order valence-electron chi connectivity index (χ2n) is 8.31. The largest absolute Gasteiger partial charge is 0.462 e. The molecule has 1 fully saturated rings. The number of hydrogen-bond acceptors (Lipinski definition) is 5. The molecule has 0 N–H and O–H groups in total. The Balaban J connectivity index is 2.28. The van der Waals surface area contributed by atoms with Gasteiger partial charge in [-0.2, -0.15) is 0 Å². The van der Waals surface area contributed by atoms with Crippen molar-refractivity contribution < 1.29 is 22.7 Å². The topological polar surface area (TPSA) is 27.7 Å². The van der Waals surface area contributed by atoms with Gasteiger partial charge < -0.3 is 13.9 Å². The van der Waals surface area contributed by atoms with Crippen molar-refractivity contribution in [3.05, 3.63) is 34.9 Å². The molecule has 0 aromatic heterocycles. The summed E-state index contributed by atoms with van der Waals surface area (Å²) < 4.78 is 45.2. The SMILES string of the molecule is CSC(=S)OC1(c2ccc(CO[Si](C)(C)C(C)(C)C)c(C(F)F)c2)COC1. The van der Waals surface area contributed by atoms with E-state index in [-0.39, 0.29) is 17.2 Å². The lowest BCUT2D eigenvalue weighted by Crippen LogP contribution is -2.49. The fourth-order valence-corrected chi connectivity index (χ4v) is 3.81. The average Bonchev–Trinajstić information content (AvgIpc) is 2.54. The van der Waals surface area contributed by atoms with Crippen LogP contribution in [-0.2, 0) is 26.1 Å². The van der Waals surface area contributed by atoms with Gasteiger partial charge in [0.25, 0.3) is 6.43 Å². The first-order valence-electron chi connectivity index (χ1n) is 8.82. The third-order valence-corrected chi connectivity index (χ3v) is 10.9. The molecular formula is C19H28F2O3S2Si. The van der Waals surface area contributed by atoms with Crippen molar-refractivity contribution in [2.75, 3.05) is 19.5 Å². The molecule has 0 saturated carbocycles. The van der Waals surface area contributed by atoms with E-state index in [1.54, 1.807) is 6.07 Å². The molecule has 1 aliphatic heterocycles. The van der Waals surface area contributed by atoms with Crippen LogP contribution in [0.4, 0.5) is 8.78 Å². The molecule has 1 aromatic carbocycles. The van der Waals surface area contributed by atoms with Gasteiger partial charge in [0.1, 0.15) is 0 Å². The Morgan fingerprint density at radius 1 is 1.33 bits per heavy atom. The van der Waals surface area contributed by atoms with E-state index in [1.165, 1.54) is 17.8 Å². The highest BCUT2D eigenvalue weighted by molar-refractivity contribution is 8.22. The smallest absolute Gasteiger partial charge is 0.264 e. The summed E-state index contributed by atoms with van der Waals surface area (Å²) >= 11 is 6.47. The van der Waals surface area contributed by atoms with E-state index in [0.29, 0.717) is 28.7 Å². The summed E-state index contributed by atoms with van der Waals surface area (Å²) in [5.74, 6) is 0. The first kappa shape index (κ1) is 22.7. The summed E-state index contributed by atoms with van der Waals surface area (Å²) in [6.07, 6.45) is -0.768. The standard InChI is InChI=1S/C19H28F2O3S2Si/c1-18(2,3)27(5,6)23-10-13-7-8-14(9-15(13)16(20)21)19(11-22-12-19)24-17(25)26-4/h7-9,16H,10-12H2,1-6H3. The zero-order valence-corrected chi connectivity index (χ0v) is 19.4. The fourth-order valence-electron chi connectivity index (χ4n) is 2.46. The summed E-state index contributed by atoms with van der Waals surface area (Å²) in [4.78, 5) is 0. The van der Waals surface area contributed by atoms with Crippen LogP contribution in [0.5, 0.6) is 0 Å². The average molecular weight is 435 g/mol. The van der Waals surface area contributed by atoms with Crippen LogP contribution in [0, 0.1) is 0 Å². The number of ether oxygens (including phenoxy) is 2. The van der Waals surface area contributed by atoms with Crippen molar-refractivity contribution in [3.63, 3.8) is 0 Å². The third kappa shape index (κ3) is 5.09. The molecular weight excluding hydrogens is 406 g/mol. The first-order valence-corrected chi connectivity index (χ1v) is 13.4. The summed E-state index contributed by atoms with van der Waals surface area (Å²) in [5, 5.41) is 0.0205. The highest BCUT2D eigenvalue weighted by Crippen LogP contribution is 2.40. The third-order valence-electron chi connectivity index (χ3n) is 5.42. The minimum absolute atomic E-state index is 0.0174. The molecule has 0 spiro atoms. The van der Waals surface area contributed by atoms with Crippen molar-refractivity contribution in [1.29, 1.82) is 0 Å². The predicted octanol–water partition coefficient (Wildman–Crippen LogP) is 6.04. The number of benzene rings is 1. The van der Waals surface area contributed by atoms with E-state index in [0.717, 1.165) is 0 Å². The number of rotatable bonds is 6. The summed E-state index contributed by atoms with van der Waals surface area (Å²) in [6, 6.07) is 5.05. The normalized spacial score (nSPS) is 16.9. The Bertz CT molecular complexity index is 686. The molecule has 2 rings (SSSR count). The highest BCUT2D eigenvalue weighted by atomic mass is 32.2. The molecule has 1 aliphatic rings. The van der Waals surface area contributed by atoms with Gasteiger partial charge in [0.2, 0.25) is 4.38 Å². The van der Waals surface area contributed by atoms with Crippen LogP contribution in [0.3, 0.4) is 0 Å². The van der Waals surface area contributed by atoms with Crippen molar-refractivity contribution >= 4 is 36.7 Å². The summed E-state index contributed by atoms with van der Waals surface area (Å²) in [7, 11) is -2.03. The van der Waals surface area contributed by atoms with Crippen LogP contribution in [0.25, 0.3) is 0 Å². The maximum atomic E-state index is 13.8. The zero-order chi connectivity index (χ0) is 20.5. The van der Waals surface area contributed by atoms with Crippen LogP contribution >= 0.6 is 24.0 Å². The van der Waals surface area contributed by atoms with Crippen molar-refractivity contribution in [2.24, 2.45) is 0 Å². The quantitative estimate of drug-likeness (QED) is 0.402. The lowest BCUT2D eigenvalue weighted by atomic mass is 9.89. The molecule has 8 heteroatoms. The monoisotopic (exact) mass is 434 g/mol. The van der Waals surface area contributed by atoms with E-state index < -0.39 is 20.3 Å². The molecule has 0 unspecified atom stereocenters. The van der Waals surface area contributed by atoms with Gasteiger partial charge in [0.05, 0.1) is 19.8 Å². The van der Waals surface area contributed by atoms with Gasteiger partial charge in [-0.15, -0.1) is 0 Å². The number of thiocarbonyl (C=S) groups is 1. The number of alkyl halides is 2. The molecule has 3 nitrogen and oxygen atoms in total. The Morgan fingerprint density at radius 3 is 2.41 bits per heavy atom. The number of thioether (sulfide) groups is 1. The van der Waals surface area contributed by atoms with E-state index in [2.05, 4.69) is 33.9 Å². The molecule has 0 atom stereocenters. The molecule has 0 aliphatic carbocycles. The Morgan fingerprint density at radius 2 is 1.96 bits per heavy atom. The molecule has 27 heavy (non-hydrogen) atoms.